The number of carbonyl (C=O) groups is 2. The van der Waals surface area contributed by atoms with Crippen molar-refractivity contribution in [2.45, 2.75) is 62.5 Å². The van der Waals surface area contributed by atoms with Crippen LogP contribution >= 0.6 is 0 Å². The summed E-state index contributed by atoms with van der Waals surface area (Å²) < 4.78 is 48.7. The van der Waals surface area contributed by atoms with Crippen LogP contribution < -0.4 is 15.4 Å². The monoisotopic (exact) mass is 442 g/mol. The molecule has 2 amide bonds. The molecule has 0 spiro atoms. The third-order valence-corrected chi connectivity index (χ3v) is 6.14. The van der Waals surface area contributed by atoms with E-state index in [9.17, 15) is 27.9 Å². The highest BCUT2D eigenvalue weighted by atomic mass is 19.4. The number of carbonyl (C=O) groups excluding carboxylic acids is 2. The molecule has 1 aliphatic carbocycles. The number of aliphatic hydroxyl groups is 1. The molecule has 2 fully saturated rings. The molecule has 170 valence electrons. The summed E-state index contributed by atoms with van der Waals surface area (Å²) in [5.74, 6) is -0.333. The zero-order chi connectivity index (χ0) is 22.2. The highest BCUT2D eigenvalue weighted by Gasteiger charge is 2.46. The summed E-state index contributed by atoms with van der Waals surface area (Å²) in [5.41, 5.74) is 1.48. The molecule has 0 aromatic heterocycles. The molecule has 4 atom stereocenters. The molecule has 2 aliphatic heterocycles. The smallest absolute Gasteiger partial charge is 0.405 e. The van der Waals surface area contributed by atoms with Gasteiger partial charge in [0.05, 0.1) is 19.1 Å². The molecule has 3 aliphatic rings. The van der Waals surface area contributed by atoms with Crippen LogP contribution in [0.1, 0.15) is 43.6 Å². The summed E-state index contributed by atoms with van der Waals surface area (Å²) in [5, 5.41) is 14.5. The second-order valence-electron chi connectivity index (χ2n) is 8.37. The Morgan fingerprint density at radius 2 is 2.00 bits per heavy atom. The zero-order valence-electron chi connectivity index (χ0n) is 16.8. The number of aliphatic hydroxyl groups excluding tert-OH is 1. The van der Waals surface area contributed by atoms with E-state index in [1.807, 2.05) is 11.4 Å². The quantitative estimate of drug-likeness (QED) is 0.629. The summed E-state index contributed by atoms with van der Waals surface area (Å²) >= 11 is 0. The van der Waals surface area contributed by atoms with E-state index in [0.29, 0.717) is 17.9 Å². The highest BCUT2D eigenvalue weighted by Crippen LogP contribution is 2.47. The largest absolute Gasteiger partial charge is 0.487 e. The van der Waals surface area contributed by atoms with Crippen LogP contribution in [0.2, 0.25) is 0 Å². The lowest BCUT2D eigenvalue weighted by molar-refractivity contribution is -0.149. The molecule has 1 aromatic rings. The summed E-state index contributed by atoms with van der Waals surface area (Å²) in [4.78, 5) is 24.2. The molecule has 31 heavy (non-hydrogen) atoms. The molecule has 2 heterocycles. The minimum absolute atomic E-state index is 0.0129. The highest BCUT2D eigenvalue weighted by molar-refractivity contribution is 5.93. The Balaban J connectivity index is 1.44. The number of hydrogen-bond donors (Lipinski definition) is 3. The van der Waals surface area contributed by atoms with E-state index in [2.05, 4.69) is 5.32 Å². The van der Waals surface area contributed by atoms with Gasteiger partial charge in [-0.25, -0.2) is 0 Å². The third-order valence-electron chi connectivity index (χ3n) is 6.14. The van der Waals surface area contributed by atoms with Gasteiger partial charge in [-0.3, -0.25) is 9.59 Å². The Kier molecular flexibility index (Phi) is 6.11. The van der Waals surface area contributed by atoms with Gasteiger partial charge in [0, 0.05) is 23.1 Å². The maximum atomic E-state index is 12.3. The summed E-state index contributed by atoms with van der Waals surface area (Å²) in [6, 6.07) is 5.34. The Morgan fingerprint density at radius 1 is 1.23 bits per heavy atom. The fraction of sp³-hybridized carbons (Fsp3) is 0.619. The van der Waals surface area contributed by atoms with Crippen molar-refractivity contribution in [3.8, 4) is 5.75 Å². The maximum Gasteiger partial charge on any atom is 0.405 e. The van der Waals surface area contributed by atoms with Gasteiger partial charge < -0.3 is 25.2 Å². The van der Waals surface area contributed by atoms with Crippen LogP contribution in [0, 0.1) is 5.92 Å². The lowest BCUT2D eigenvalue weighted by Gasteiger charge is -2.37. The Labute approximate surface area is 177 Å². The normalized spacial score (nSPS) is 27.5. The van der Waals surface area contributed by atoms with E-state index in [1.165, 1.54) is 0 Å². The molecule has 1 aromatic carbocycles. The van der Waals surface area contributed by atoms with Gasteiger partial charge in [0.15, 0.2) is 0 Å². The lowest BCUT2D eigenvalue weighted by Crippen LogP contribution is -2.47. The van der Waals surface area contributed by atoms with Crippen molar-refractivity contribution >= 4 is 17.5 Å². The van der Waals surface area contributed by atoms with E-state index in [1.54, 1.807) is 12.1 Å². The average Bonchev–Trinajstić information content (AvgIpc) is 3.02. The van der Waals surface area contributed by atoms with Gasteiger partial charge in [0.2, 0.25) is 11.8 Å². The van der Waals surface area contributed by atoms with E-state index in [-0.39, 0.29) is 30.8 Å². The molecule has 0 bridgehead atoms. The van der Waals surface area contributed by atoms with Gasteiger partial charge in [-0.15, -0.1) is 0 Å². The third kappa shape index (κ3) is 4.95. The lowest BCUT2D eigenvalue weighted by atomic mass is 9.83. The topological polar surface area (TPSA) is 96.9 Å². The van der Waals surface area contributed by atoms with Gasteiger partial charge >= 0.3 is 6.18 Å². The first-order chi connectivity index (χ1) is 14.7. The van der Waals surface area contributed by atoms with Gasteiger partial charge in [-0.05, 0) is 37.5 Å². The number of benzene rings is 1. The number of hydrogen-bond acceptors (Lipinski definition) is 5. The first-order valence-corrected chi connectivity index (χ1v) is 10.4. The van der Waals surface area contributed by atoms with Crippen molar-refractivity contribution in [2.75, 3.05) is 18.5 Å². The Hall–Kier alpha value is -2.33. The number of amides is 2. The van der Waals surface area contributed by atoms with Crippen LogP contribution in [0.15, 0.2) is 18.2 Å². The molecule has 1 saturated carbocycles. The molecule has 3 N–H and O–H groups in total. The van der Waals surface area contributed by atoms with Crippen molar-refractivity contribution in [1.82, 2.24) is 5.32 Å². The van der Waals surface area contributed by atoms with Crippen LogP contribution in [-0.4, -0.2) is 54.6 Å². The zero-order valence-corrected chi connectivity index (χ0v) is 16.8. The standard InChI is InChI=1S/C21H25F3N2O5/c22-21(23,24)10-25-18(28)8-13-7-15-14-6-12(26-20(29)11-2-1-3-11)4-5-16(14)31-19(15)17(9-27)30-13/h4-6,11,13,15,17,19,27H,1-3,7-10H2,(H,25,28)(H,26,29)/t13-,15+,17-,19-/m0/s1. The van der Waals surface area contributed by atoms with E-state index in [0.717, 1.165) is 24.8 Å². The predicted molar refractivity (Wildman–Crippen MR) is 104 cm³/mol. The van der Waals surface area contributed by atoms with Gasteiger partial charge in [0.25, 0.3) is 0 Å². The first kappa shape index (κ1) is 21.9. The van der Waals surface area contributed by atoms with Gasteiger partial charge in [0.1, 0.15) is 24.5 Å². The number of ether oxygens (including phenoxy) is 2. The second kappa shape index (κ2) is 8.66. The number of alkyl halides is 3. The number of halogens is 3. The van der Waals surface area contributed by atoms with Gasteiger partial charge in [-0.2, -0.15) is 13.2 Å². The minimum atomic E-state index is -4.49. The molecule has 0 unspecified atom stereocenters. The van der Waals surface area contributed by atoms with Crippen molar-refractivity contribution < 1.29 is 37.3 Å². The average molecular weight is 442 g/mol. The Bertz CT molecular complexity index is 843. The van der Waals surface area contributed by atoms with Crippen LogP contribution in [0.5, 0.6) is 5.75 Å². The molecule has 4 rings (SSSR count). The van der Waals surface area contributed by atoms with E-state index in [4.69, 9.17) is 9.47 Å². The van der Waals surface area contributed by atoms with Gasteiger partial charge in [-0.1, -0.05) is 6.42 Å². The fourth-order valence-corrected chi connectivity index (χ4v) is 4.36. The molecule has 7 nitrogen and oxygen atoms in total. The van der Waals surface area contributed by atoms with Crippen molar-refractivity contribution in [3.63, 3.8) is 0 Å². The summed E-state index contributed by atoms with van der Waals surface area (Å²) in [6.45, 7) is -1.74. The molecular formula is C21H25F3N2O5. The number of fused-ring (bicyclic) bond motifs is 3. The molecule has 10 heteroatoms. The second-order valence-corrected chi connectivity index (χ2v) is 8.37. The summed E-state index contributed by atoms with van der Waals surface area (Å²) in [6.07, 6.45) is -3.38. The Morgan fingerprint density at radius 3 is 2.65 bits per heavy atom. The maximum absolute atomic E-state index is 12.3. The van der Waals surface area contributed by atoms with Crippen LogP contribution in [0.25, 0.3) is 0 Å². The number of rotatable bonds is 6. The summed E-state index contributed by atoms with van der Waals surface area (Å²) in [7, 11) is 0. The molecule has 0 radical (unpaired) electrons. The fourth-order valence-electron chi connectivity index (χ4n) is 4.36. The predicted octanol–water partition coefficient (Wildman–Crippen LogP) is 2.49. The number of nitrogens with one attached hydrogen (secondary N) is 2. The van der Waals surface area contributed by atoms with Crippen LogP contribution in [-0.2, 0) is 14.3 Å². The van der Waals surface area contributed by atoms with Crippen LogP contribution in [0.3, 0.4) is 0 Å². The SMILES string of the molecule is O=C(C[C@@H]1C[C@@H]2c3cc(NC(=O)C4CCC4)ccc3O[C@@H]2[C@H](CO)O1)NCC(F)(F)F. The van der Waals surface area contributed by atoms with Crippen molar-refractivity contribution in [2.24, 2.45) is 5.92 Å². The minimum Gasteiger partial charge on any atom is -0.487 e. The van der Waals surface area contributed by atoms with E-state index >= 15 is 0 Å². The van der Waals surface area contributed by atoms with E-state index < -0.39 is 36.9 Å². The van der Waals surface area contributed by atoms with Crippen molar-refractivity contribution in [1.29, 1.82) is 0 Å². The number of anilines is 1. The first-order valence-electron chi connectivity index (χ1n) is 10.4. The van der Waals surface area contributed by atoms with Crippen molar-refractivity contribution in [3.05, 3.63) is 23.8 Å². The molecular weight excluding hydrogens is 417 g/mol. The van der Waals surface area contributed by atoms with Crippen LogP contribution in [0.4, 0.5) is 18.9 Å². The molecule has 1 saturated heterocycles.